The number of nitrogens with zero attached hydrogens (tertiary/aromatic N) is 1. The number of carboxylic acids is 1. The molecule has 0 aliphatic heterocycles. The average Bonchev–Trinajstić information content (AvgIpc) is 2.54. The SMILES string of the molecule is CCOc1ccc(-c2ccc(/C=C(\C#N)C(=O)O)cc2)cc1. The van der Waals surface area contributed by atoms with E-state index in [0.29, 0.717) is 12.2 Å². The number of nitriles is 1. The van der Waals surface area contributed by atoms with Gasteiger partial charge in [-0.2, -0.15) is 5.26 Å². The van der Waals surface area contributed by atoms with Gasteiger partial charge in [0.2, 0.25) is 0 Å². The van der Waals surface area contributed by atoms with Crippen LogP contribution in [0.5, 0.6) is 5.75 Å². The van der Waals surface area contributed by atoms with Crippen molar-refractivity contribution in [1.29, 1.82) is 5.26 Å². The fourth-order valence-electron chi connectivity index (χ4n) is 1.99. The monoisotopic (exact) mass is 293 g/mol. The molecule has 4 heteroatoms. The predicted molar refractivity (Wildman–Crippen MR) is 84.3 cm³/mol. The van der Waals surface area contributed by atoms with E-state index in [1.54, 1.807) is 18.2 Å². The van der Waals surface area contributed by atoms with Crippen molar-refractivity contribution in [2.45, 2.75) is 6.92 Å². The van der Waals surface area contributed by atoms with Crippen molar-refractivity contribution >= 4 is 12.0 Å². The molecule has 0 saturated carbocycles. The number of ether oxygens (including phenoxy) is 1. The maximum Gasteiger partial charge on any atom is 0.346 e. The van der Waals surface area contributed by atoms with Crippen LogP contribution in [-0.4, -0.2) is 17.7 Å². The third-order valence-corrected chi connectivity index (χ3v) is 3.07. The second kappa shape index (κ2) is 7.09. The van der Waals surface area contributed by atoms with Crippen molar-refractivity contribution < 1.29 is 14.6 Å². The average molecular weight is 293 g/mol. The number of carboxylic acid groups (broad SMARTS) is 1. The Morgan fingerprint density at radius 2 is 1.68 bits per heavy atom. The molecule has 4 nitrogen and oxygen atoms in total. The molecule has 0 aliphatic carbocycles. The van der Waals surface area contributed by atoms with E-state index < -0.39 is 5.97 Å². The number of hydrogen-bond donors (Lipinski definition) is 1. The molecule has 0 fully saturated rings. The third-order valence-electron chi connectivity index (χ3n) is 3.07. The zero-order chi connectivity index (χ0) is 15.9. The largest absolute Gasteiger partial charge is 0.494 e. The van der Waals surface area contributed by atoms with Crippen molar-refractivity contribution in [1.82, 2.24) is 0 Å². The summed E-state index contributed by atoms with van der Waals surface area (Å²) in [6.45, 7) is 2.57. The first kappa shape index (κ1) is 15.3. The lowest BCUT2D eigenvalue weighted by Gasteiger charge is -2.05. The van der Waals surface area contributed by atoms with Crippen LogP contribution in [0.25, 0.3) is 17.2 Å². The van der Waals surface area contributed by atoms with Gasteiger partial charge in [0, 0.05) is 0 Å². The number of benzene rings is 2. The van der Waals surface area contributed by atoms with E-state index in [1.165, 1.54) is 6.08 Å². The number of aliphatic carboxylic acids is 1. The minimum absolute atomic E-state index is 0.284. The van der Waals surface area contributed by atoms with Gasteiger partial charge in [-0.15, -0.1) is 0 Å². The molecular weight excluding hydrogens is 278 g/mol. The number of hydrogen-bond acceptors (Lipinski definition) is 3. The first-order valence-electron chi connectivity index (χ1n) is 6.82. The van der Waals surface area contributed by atoms with Crippen LogP contribution in [0.4, 0.5) is 0 Å². The summed E-state index contributed by atoms with van der Waals surface area (Å²) in [5.41, 5.74) is 2.44. The van der Waals surface area contributed by atoms with Gasteiger partial charge in [-0.05, 0) is 41.8 Å². The van der Waals surface area contributed by atoms with E-state index in [1.807, 2.05) is 43.3 Å². The van der Waals surface area contributed by atoms with Crippen molar-refractivity contribution in [2.75, 3.05) is 6.61 Å². The highest BCUT2D eigenvalue weighted by atomic mass is 16.5. The molecular formula is C18H15NO3. The summed E-state index contributed by atoms with van der Waals surface area (Å²) in [7, 11) is 0. The van der Waals surface area contributed by atoms with E-state index in [4.69, 9.17) is 15.1 Å². The molecule has 22 heavy (non-hydrogen) atoms. The van der Waals surface area contributed by atoms with Gasteiger partial charge in [-0.3, -0.25) is 0 Å². The van der Waals surface area contributed by atoms with Gasteiger partial charge in [0.1, 0.15) is 17.4 Å². The zero-order valence-electron chi connectivity index (χ0n) is 12.1. The van der Waals surface area contributed by atoms with Crippen molar-refractivity contribution in [3.05, 3.63) is 59.7 Å². The first-order chi connectivity index (χ1) is 10.6. The molecule has 0 aliphatic rings. The minimum atomic E-state index is -1.22. The van der Waals surface area contributed by atoms with E-state index in [0.717, 1.165) is 16.9 Å². The predicted octanol–water partition coefficient (Wildman–Crippen LogP) is 3.74. The smallest absolute Gasteiger partial charge is 0.346 e. The van der Waals surface area contributed by atoms with Gasteiger partial charge >= 0.3 is 5.97 Å². The summed E-state index contributed by atoms with van der Waals surface area (Å²) >= 11 is 0. The van der Waals surface area contributed by atoms with E-state index >= 15 is 0 Å². The first-order valence-corrected chi connectivity index (χ1v) is 6.82. The topological polar surface area (TPSA) is 70.3 Å². The highest BCUT2D eigenvalue weighted by Crippen LogP contribution is 2.23. The van der Waals surface area contributed by atoms with Crippen molar-refractivity contribution in [3.63, 3.8) is 0 Å². The van der Waals surface area contributed by atoms with Gasteiger partial charge in [0.05, 0.1) is 6.61 Å². The molecule has 0 bridgehead atoms. The van der Waals surface area contributed by atoms with E-state index in [9.17, 15) is 4.79 Å². The Kier molecular flexibility index (Phi) is 4.94. The van der Waals surface area contributed by atoms with E-state index in [2.05, 4.69) is 0 Å². The second-order valence-corrected chi connectivity index (χ2v) is 4.55. The van der Waals surface area contributed by atoms with Crippen LogP contribution in [0.15, 0.2) is 54.1 Å². The second-order valence-electron chi connectivity index (χ2n) is 4.55. The number of carbonyl (C=O) groups is 1. The fraction of sp³-hybridized carbons (Fsp3) is 0.111. The van der Waals surface area contributed by atoms with Crippen LogP contribution in [0.1, 0.15) is 12.5 Å². The molecule has 0 unspecified atom stereocenters. The molecule has 0 saturated heterocycles. The molecule has 2 aromatic carbocycles. The molecule has 2 aromatic rings. The highest BCUT2D eigenvalue weighted by Gasteiger charge is 2.05. The summed E-state index contributed by atoms with van der Waals surface area (Å²) in [6.07, 6.45) is 1.35. The summed E-state index contributed by atoms with van der Waals surface area (Å²) in [4.78, 5) is 10.8. The van der Waals surface area contributed by atoms with Crippen LogP contribution in [0.2, 0.25) is 0 Å². The Morgan fingerprint density at radius 3 is 2.14 bits per heavy atom. The van der Waals surface area contributed by atoms with Crippen LogP contribution >= 0.6 is 0 Å². The molecule has 0 atom stereocenters. The Morgan fingerprint density at radius 1 is 1.14 bits per heavy atom. The lowest BCUT2D eigenvalue weighted by Crippen LogP contribution is -1.97. The maximum absolute atomic E-state index is 10.8. The number of rotatable bonds is 5. The van der Waals surface area contributed by atoms with Gasteiger partial charge < -0.3 is 9.84 Å². The molecule has 0 heterocycles. The van der Waals surface area contributed by atoms with Gasteiger partial charge in [-0.1, -0.05) is 36.4 Å². The van der Waals surface area contributed by atoms with Crippen LogP contribution in [0.3, 0.4) is 0 Å². The zero-order valence-corrected chi connectivity index (χ0v) is 12.1. The Balaban J connectivity index is 2.22. The highest BCUT2D eigenvalue weighted by molar-refractivity contribution is 5.96. The lowest BCUT2D eigenvalue weighted by molar-refractivity contribution is -0.132. The van der Waals surface area contributed by atoms with Crippen LogP contribution in [-0.2, 0) is 4.79 Å². The quantitative estimate of drug-likeness (QED) is 0.673. The molecule has 0 amide bonds. The third kappa shape index (κ3) is 3.74. The van der Waals surface area contributed by atoms with Crippen molar-refractivity contribution in [3.8, 4) is 22.9 Å². The lowest BCUT2D eigenvalue weighted by atomic mass is 10.0. The van der Waals surface area contributed by atoms with E-state index in [-0.39, 0.29) is 5.57 Å². The fourth-order valence-corrected chi connectivity index (χ4v) is 1.99. The minimum Gasteiger partial charge on any atom is -0.494 e. The van der Waals surface area contributed by atoms with Crippen LogP contribution in [0, 0.1) is 11.3 Å². The molecule has 2 rings (SSSR count). The molecule has 1 N–H and O–H groups in total. The molecule has 110 valence electrons. The molecule has 0 aromatic heterocycles. The molecule has 0 radical (unpaired) electrons. The summed E-state index contributed by atoms with van der Waals surface area (Å²) in [5.74, 6) is -0.399. The van der Waals surface area contributed by atoms with Gasteiger partial charge in [0.15, 0.2) is 0 Å². The normalized spacial score (nSPS) is 10.8. The van der Waals surface area contributed by atoms with Gasteiger partial charge in [0.25, 0.3) is 0 Å². The Labute approximate surface area is 128 Å². The Bertz CT molecular complexity index is 722. The Hall–Kier alpha value is -3.06. The van der Waals surface area contributed by atoms with Crippen LogP contribution < -0.4 is 4.74 Å². The summed E-state index contributed by atoms with van der Waals surface area (Å²) in [5, 5.41) is 17.6. The summed E-state index contributed by atoms with van der Waals surface area (Å²) in [6, 6.07) is 16.8. The van der Waals surface area contributed by atoms with Gasteiger partial charge in [-0.25, -0.2) is 4.79 Å². The maximum atomic E-state index is 10.8. The summed E-state index contributed by atoms with van der Waals surface area (Å²) < 4.78 is 5.40. The van der Waals surface area contributed by atoms with Crippen molar-refractivity contribution in [2.24, 2.45) is 0 Å². The standard InChI is InChI=1S/C18H15NO3/c1-2-22-17-9-7-15(8-10-17)14-5-3-13(4-6-14)11-16(12-19)18(20)21/h3-11H,2H2,1H3,(H,20,21)/b16-11+. The molecule has 0 spiro atoms.